The van der Waals surface area contributed by atoms with Crippen molar-refractivity contribution in [3.8, 4) is 0 Å². The predicted octanol–water partition coefficient (Wildman–Crippen LogP) is 2.25. The molecule has 21 heavy (non-hydrogen) atoms. The van der Waals surface area contributed by atoms with E-state index >= 15 is 0 Å². The summed E-state index contributed by atoms with van der Waals surface area (Å²) in [6.07, 6.45) is 1.85. The number of carbonyl (C=O) groups excluding carboxylic acids is 2. The maximum atomic E-state index is 12.8. The number of Topliss-reactive ketones (excluding diaryl/α,β-unsaturated/α-hetero) is 1. The zero-order valence-corrected chi connectivity index (χ0v) is 12.7. The smallest absolute Gasteiger partial charge is 0.331 e. The molecule has 110 valence electrons. The second-order valence-corrected chi connectivity index (χ2v) is 6.61. The van der Waals surface area contributed by atoms with Gasteiger partial charge in [-0.15, -0.1) is 0 Å². The molecule has 2 bridgehead atoms. The quantitative estimate of drug-likeness (QED) is 0.669. The van der Waals surface area contributed by atoms with Gasteiger partial charge in [0.15, 0.2) is 5.78 Å². The third kappa shape index (κ3) is 1.79. The van der Waals surface area contributed by atoms with Crippen LogP contribution in [0.3, 0.4) is 0 Å². The molecule has 0 amide bonds. The minimum absolute atomic E-state index is 0.135. The molecule has 0 saturated carbocycles. The molecule has 2 aliphatic heterocycles. The first-order chi connectivity index (χ1) is 9.70. The van der Waals surface area contributed by atoms with E-state index in [1.165, 1.54) is 0 Å². The van der Waals surface area contributed by atoms with Gasteiger partial charge in [-0.3, -0.25) is 10.1 Å². The number of esters is 1. The molecule has 1 aromatic carbocycles. The van der Waals surface area contributed by atoms with Crippen molar-refractivity contribution in [2.45, 2.75) is 44.4 Å². The highest BCUT2D eigenvalue weighted by Gasteiger charge is 2.62. The number of ether oxygens (including phenoxy) is 1. The van der Waals surface area contributed by atoms with E-state index in [1.807, 2.05) is 45.0 Å². The van der Waals surface area contributed by atoms with E-state index in [1.54, 1.807) is 19.1 Å². The number of hydrogen-bond donors (Lipinski definition) is 1. The molecular formula is C17H19NO3. The largest absolute Gasteiger partial charge is 0.456 e. The van der Waals surface area contributed by atoms with Crippen molar-refractivity contribution >= 4 is 11.8 Å². The fraction of sp³-hybridized carbons (Fsp3) is 0.412. The van der Waals surface area contributed by atoms with Gasteiger partial charge in [-0.05, 0) is 27.7 Å². The molecule has 1 aromatic rings. The van der Waals surface area contributed by atoms with E-state index in [4.69, 9.17) is 4.74 Å². The van der Waals surface area contributed by atoms with Crippen LogP contribution in [0.4, 0.5) is 0 Å². The Morgan fingerprint density at radius 1 is 1.10 bits per heavy atom. The van der Waals surface area contributed by atoms with E-state index in [2.05, 4.69) is 5.32 Å². The highest BCUT2D eigenvalue weighted by atomic mass is 16.6. The van der Waals surface area contributed by atoms with Crippen molar-refractivity contribution in [3.05, 3.63) is 47.5 Å². The van der Waals surface area contributed by atoms with Crippen molar-refractivity contribution in [3.63, 3.8) is 0 Å². The summed E-state index contributed by atoms with van der Waals surface area (Å²) in [5, 5.41) is 3.30. The molecular weight excluding hydrogens is 266 g/mol. The Labute approximate surface area is 124 Å². The van der Waals surface area contributed by atoms with Gasteiger partial charge < -0.3 is 4.74 Å². The van der Waals surface area contributed by atoms with E-state index in [0.717, 1.165) is 0 Å². The van der Waals surface area contributed by atoms with Gasteiger partial charge >= 0.3 is 5.97 Å². The highest BCUT2D eigenvalue weighted by Crippen LogP contribution is 2.45. The van der Waals surface area contributed by atoms with Crippen molar-refractivity contribution in [2.75, 3.05) is 0 Å². The highest BCUT2D eigenvalue weighted by molar-refractivity contribution is 6.15. The number of nitrogens with one attached hydrogen (secondary N) is 1. The molecule has 2 heterocycles. The first-order valence-corrected chi connectivity index (χ1v) is 7.05. The van der Waals surface area contributed by atoms with Crippen LogP contribution in [-0.2, 0) is 9.53 Å². The second-order valence-electron chi connectivity index (χ2n) is 6.61. The molecule has 0 spiro atoms. The molecule has 0 aromatic heterocycles. The van der Waals surface area contributed by atoms with Crippen LogP contribution in [0.1, 0.15) is 38.1 Å². The van der Waals surface area contributed by atoms with Crippen LogP contribution in [-0.4, -0.2) is 28.4 Å². The van der Waals surface area contributed by atoms with Gasteiger partial charge in [0, 0.05) is 11.1 Å². The van der Waals surface area contributed by atoms with Gasteiger partial charge in [0.25, 0.3) is 0 Å². The monoisotopic (exact) mass is 285 g/mol. The average Bonchev–Trinajstić information content (AvgIpc) is 2.70. The third-order valence-electron chi connectivity index (χ3n) is 4.77. The Hall–Kier alpha value is -1.94. The zero-order chi connectivity index (χ0) is 15.5. The SMILES string of the molecule is CC12NC(C)(C=C1C(=O)c1ccccc1)C(C)(C)OC2=O. The fourth-order valence-electron chi connectivity index (χ4n) is 3.02. The summed E-state index contributed by atoms with van der Waals surface area (Å²) in [6, 6.07) is 9.00. The third-order valence-corrected chi connectivity index (χ3v) is 4.77. The minimum atomic E-state index is -1.09. The summed E-state index contributed by atoms with van der Waals surface area (Å²) >= 11 is 0. The summed E-state index contributed by atoms with van der Waals surface area (Å²) in [7, 11) is 0. The molecule has 2 unspecified atom stereocenters. The van der Waals surface area contributed by atoms with Crippen molar-refractivity contribution in [2.24, 2.45) is 0 Å². The van der Waals surface area contributed by atoms with Crippen LogP contribution in [0.5, 0.6) is 0 Å². The number of rotatable bonds is 2. The minimum Gasteiger partial charge on any atom is -0.456 e. The molecule has 0 radical (unpaired) electrons. The van der Waals surface area contributed by atoms with Crippen molar-refractivity contribution < 1.29 is 14.3 Å². The van der Waals surface area contributed by atoms with Crippen LogP contribution < -0.4 is 5.32 Å². The molecule has 1 saturated heterocycles. The summed E-state index contributed by atoms with van der Waals surface area (Å²) in [6.45, 7) is 7.36. The summed E-state index contributed by atoms with van der Waals surface area (Å²) in [5.74, 6) is -0.540. The van der Waals surface area contributed by atoms with E-state index in [0.29, 0.717) is 11.1 Å². The summed E-state index contributed by atoms with van der Waals surface area (Å²) in [5.41, 5.74) is -1.31. The van der Waals surface area contributed by atoms with E-state index in [9.17, 15) is 9.59 Å². The predicted molar refractivity (Wildman–Crippen MR) is 79.0 cm³/mol. The summed E-state index contributed by atoms with van der Waals surface area (Å²) < 4.78 is 5.58. The number of morpholine rings is 1. The molecule has 4 heteroatoms. The lowest BCUT2D eigenvalue weighted by Crippen LogP contribution is -2.69. The lowest BCUT2D eigenvalue weighted by Gasteiger charge is -2.47. The van der Waals surface area contributed by atoms with Gasteiger partial charge in [-0.1, -0.05) is 36.4 Å². The summed E-state index contributed by atoms with van der Waals surface area (Å²) in [4.78, 5) is 25.2. The zero-order valence-electron chi connectivity index (χ0n) is 12.7. The Balaban J connectivity index is 2.11. The van der Waals surface area contributed by atoms with Gasteiger partial charge in [0.1, 0.15) is 11.1 Å². The number of carbonyl (C=O) groups is 2. The first-order valence-electron chi connectivity index (χ1n) is 7.05. The molecule has 2 atom stereocenters. The Kier molecular flexibility index (Phi) is 2.70. The fourth-order valence-corrected chi connectivity index (χ4v) is 3.02. The Morgan fingerprint density at radius 3 is 2.33 bits per heavy atom. The van der Waals surface area contributed by atoms with Crippen LogP contribution in [0, 0.1) is 0 Å². The maximum absolute atomic E-state index is 12.8. The number of benzene rings is 1. The lowest BCUT2D eigenvalue weighted by molar-refractivity contribution is -0.178. The normalized spacial score (nSPS) is 33.3. The van der Waals surface area contributed by atoms with Crippen LogP contribution in [0.15, 0.2) is 42.0 Å². The Bertz CT molecular complexity index is 662. The van der Waals surface area contributed by atoms with Crippen LogP contribution in [0.2, 0.25) is 0 Å². The van der Waals surface area contributed by atoms with E-state index in [-0.39, 0.29) is 5.78 Å². The standard InChI is InChI=1S/C17H19NO3/c1-15(2)16(3)10-12(17(4,18-16)14(20)21-15)13(19)11-8-6-5-7-9-11/h5-10,18H,1-4H3. The topological polar surface area (TPSA) is 55.4 Å². The second kappa shape index (κ2) is 4.04. The number of cyclic esters (lactones) is 1. The number of fused-ring (bicyclic) bond motifs is 2. The van der Waals surface area contributed by atoms with Crippen molar-refractivity contribution in [1.29, 1.82) is 0 Å². The molecule has 1 fully saturated rings. The van der Waals surface area contributed by atoms with Gasteiger partial charge in [-0.25, -0.2) is 4.79 Å². The first kappa shape index (κ1) is 14.0. The van der Waals surface area contributed by atoms with Gasteiger partial charge in [-0.2, -0.15) is 0 Å². The maximum Gasteiger partial charge on any atom is 0.331 e. The van der Waals surface area contributed by atoms with Crippen molar-refractivity contribution in [1.82, 2.24) is 5.32 Å². The Morgan fingerprint density at radius 2 is 1.71 bits per heavy atom. The van der Waals surface area contributed by atoms with E-state index < -0.39 is 22.6 Å². The van der Waals surface area contributed by atoms with Gasteiger partial charge in [0.05, 0.1) is 5.54 Å². The number of ketones is 1. The molecule has 4 nitrogen and oxygen atoms in total. The molecule has 2 aliphatic rings. The molecule has 0 aliphatic carbocycles. The molecule has 3 rings (SSSR count). The average molecular weight is 285 g/mol. The number of hydrogen-bond acceptors (Lipinski definition) is 4. The van der Waals surface area contributed by atoms with Crippen LogP contribution in [0.25, 0.3) is 0 Å². The molecule has 1 N–H and O–H groups in total. The van der Waals surface area contributed by atoms with Gasteiger partial charge in [0.2, 0.25) is 0 Å². The van der Waals surface area contributed by atoms with Crippen LogP contribution >= 0.6 is 0 Å². The lowest BCUT2D eigenvalue weighted by atomic mass is 9.83.